The molecule has 2 N–H and O–H groups in total. The number of ether oxygens (including phenoxy) is 1. The maximum atomic E-state index is 14.3. The Hall–Kier alpha value is -3.79. The van der Waals surface area contributed by atoms with Crippen molar-refractivity contribution in [1.29, 1.82) is 0 Å². The predicted molar refractivity (Wildman–Crippen MR) is 119 cm³/mol. The zero-order valence-corrected chi connectivity index (χ0v) is 18.3. The van der Waals surface area contributed by atoms with E-state index in [4.69, 9.17) is 11.6 Å². The van der Waals surface area contributed by atoms with Crippen molar-refractivity contribution in [3.63, 3.8) is 0 Å². The average Bonchev–Trinajstić information content (AvgIpc) is 3.34. The van der Waals surface area contributed by atoms with Crippen molar-refractivity contribution < 1.29 is 31.5 Å². The third-order valence-corrected chi connectivity index (χ3v) is 5.85. The van der Waals surface area contributed by atoms with Gasteiger partial charge in [0, 0.05) is 22.3 Å². The van der Waals surface area contributed by atoms with Crippen LogP contribution in [-0.2, 0) is 5.92 Å². The van der Waals surface area contributed by atoms with Crippen molar-refractivity contribution in [2.75, 3.05) is 11.9 Å². The summed E-state index contributed by atoms with van der Waals surface area (Å²) in [5.74, 6) is -7.47. The van der Waals surface area contributed by atoms with E-state index in [-0.39, 0.29) is 6.54 Å². The van der Waals surface area contributed by atoms with E-state index in [9.17, 15) is 26.7 Å². The van der Waals surface area contributed by atoms with Gasteiger partial charge in [0.1, 0.15) is 0 Å². The molecule has 0 atom stereocenters. The molecule has 0 saturated heterocycles. The molecule has 0 bridgehead atoms. The van der Waals surface area contributed by atoms with Crippen LogP contribution in [0.4, 0.5) is 32.4 Å². The Bertz CT molecular complexity index is 1350. The number of nitrogens with zero attached hydrogens (tertiary/aromatic N) is 1. The number of carbonyl (C=O) groups excluding carboxylic acids is 1. The summed E-state index contributed by atoms with van der Waals surface area (Å²) in [4.78, 5) is 12.9. The van der Waals surface area contributed by atoms with E-state index in [0.29, 0.717) is 22.9 Å². The molecular formula is C24H15ClF5N3O2. The van der Waals surface area contributed by atoms with Crippen molar-refractivity contribution in [2.45, 2.75) is 12.0 Å². The summed E-state index contributed by atoms with van der Waals surface area (Å²) in [7, 11) is 0. The van der Waals surface area contributed by atoms with Crippen LogP contribution in [0.5, 0.6) is 5.75 Å². The first-order valence-electron chi connectivity index (χ1n) is 10.3. The second kappa shape index (κ2) is 8.16. The molecule has 0 unspecified atom stereocenters. The summed E-state index contributed by atoms with van der Waals surface area (Å²) in [5, 5.41) is 3.95. The Morgan fingerprint density at radius 3 is 2.37 bits per heavy atom. The van der Waals surface area contributed by atoms with Crippen molar-refractivity contribution in [2.24, 2.45) is 0 Å². The Balaban J connectivity index is 1.42. The number of hydrogen-bond donors (Lipinski definition) is 2. The van der Waals surface area contributed by atoms with Crippen LogP contribution in [0.1, 0.15) is 16.7 Å². The van der Waals surface area contributed by atoms with Crippen LogP contribution in [0, 0.1) is 5.82 Å². The molecule has 35 heavy (non-hydrogen) atoms. The van der Waals surface area contributed by atoms with E-state index in [1.165, 1.54) is 0 Å². The molecule has 0 fully saturated rings. The fourth-order valence-electron chi connectivity index (χ4n) is 3.87. The third kappa shape index (κ3) is 3.93. The van der Waals surface area contributed by atoms with Crippen LogP contribution in [0.3, 0.4) is 0 Å². The Labute approximate surface area is 200 Å². The van der Waals surface area contributed by atoms with Gasteiger partial charge in [-0.25, -0.2) is 14.2 Å². The van der Waals surface area contributed by atoms with Crippen LogP contribution < -0.4 is 15.5 Å². The van der Waals surface area contributed by atoms with Crippen LogP contribution in [0.25, 0.3) is 11.3 Å². The predicted octanol–water partition coefficient (Wildman–Crippen LogP) is 6.48. The normalized spacial score (nSPS) is 17.6. The Kier molecular flexibility index (Phi) is 5.36. The largest absolute Gasteiger partial charge is 0.469 e. The highest BCUT2D eigenvalue weighted by molar-refractivity contribution is 6.30. The van der Waals surface area contributed by atoms with Crippen molar-refractivity contribution in [3.8, 4) is 5.75 Å². The molecule has 2 heterocycles. The van der Waals surface area contributed by atoms with Crippen LogP contribution in [0.15, 0.2) is 66.7 Å². The molecular weight excluding hydrogens is 493 g/mol. The minimum atomic E-state index is -4.91. The number of hydrazine groups is 1. The molecule has 0 spiro atoms. The van der Waals surface area contributed by atoms with Crippen molar-refractivity contribution in [1.82, 2.24) is 10.4 Å². The lowest BCUT2D eigenvalue weighted by Crippen LogP contribution is -2.40. The van der Waals surface area contributed by atoms with Crippen LogP contribution in [0.2, 0.25) is 5.02 Å². The third-order valence-electron chi connectivity index (χ3n) is 5.59. The van der Waals surface area contributed by atoms with Gasteiger partial charge < -0.3 is 10.1 Å². The summed E-state index contributed by atoms with van der Waals surface area (Å²) < 4.78 is 73.2. The van der Waals surface area contributed by atoms with Gasteiger partial charge in [-0.05, 0) is 29.3 Å². The van der Waals surface area contributed by atoms with Gasteiger partial charge in [0.05, 0.1) is 17.8 Å². The minimum absolute atomic E-state index is 0.0680. The molecule has 5 rings (SSSR count). The zero-order chi connectivity index (χ0) is 25.0. The number of fused-ring (bicyclic) bond motifs is 1. The lowest BCUT2D eigenvalue weighted by atomic mass is 10.0. The number of alkyl halides is 4. The van der Waals surface area contributed by atoms with Gasteiger partial charge in [0.2, 0.25) is 0 Å². The standard InChI is InChI=1S/C24H15ClF5N3O2/c25-15-8-6-14(7-9-15)20-17(13-4-2-1-3-5-13)12-33(32-20)22(34)31-16-10-18-21(19(26)11-16)35-24(29,30)23(18,27)28/h1-11,32H,12H2,(H,31,34). The SMILES string of the molecule is O=C(Nc1cc(F)c2c(c1)C(F)(F)C(F)(F)O2)N1CC(c2ccccc2)=C(c2ccc(Cl)cc2)N1. The maximum Gasteiger partial charge on any atom is 0.469 e. The molecule has 3 aromatic carbocycles. The highest BCUT2D eigenvalue weighted by atomic mass is 35.5. The lowest BCUT2D eigenvalue weighted by Gasteiger charge is -2.19. The number of benzene rings is 3. The van der Waals surface area contributed by atoms with Crippen LogP contribution in [-0.4, -0.2) is 23.7 Å². The topological polar surface area (TPSA) is 53.6 Å². The number of amides is 2. The molecule has 2 aliphatic rings. The molecule has 2 aliphatic heterocycles. The summed E-state index contributed by atoms with van der Waals surface area (Å²) in [5.41, 5.74) is 4.08. The molecule has 11 heteroatoms. The highest BCUT2D eigenvalue weighted by Gasteiger charge is 2.67. The number of urea groups is 1. The Morgan fingerprint density at radius 2 is 1.69 bits per heavy atom. The first kappa shape index (κ1) is 23.0. The molecule has 0 saturated carbocycles. The van der Waals surface area contributed by atoms with E-state index < -0.39 is 40.9 Å². The highest BCUT2D eigenvalue weighted by Crippen LogP contribution is 2.54. The molecule has 0 aromatic heterocycles. The van der Waals surface area contributed by atoms with Gasteiger partial charge in [0.15, 0.2) is 11.6 Å². The number of halogens is 6. The summed E-state index contributed by atoms with van der Waals surface area (Å²) in [6.45, 7) is 0.0680. The molecule has 180 valence electrons. The van der Waals surface area contributed by atoms with E-state index >= 15 is 0 Å². The number of nitrogens with one attached hydrogen (secondary N) is 2. The van der Waals surface area contributed by atoms with Gasteiger partial charge >= 0.3 is 18.1 Å². The molecule has 0 aliphatic carbocycles. The summed E-state index contributed by atoms with van der Waals surface area (Å²) >= 11 is 5.98. The number of hydrogen-bond acceptors (Lipinski definition) is 3. The molecule has 5 nitrogen and oxygen atoms in total. The van der Waals surface area contributed by atoms with Crippen molar-refractivity contribution >= 4 is 34.6 Å². The first-order valence-corrected chi connectivity index (χ1v) is 10.6. The second-order valence-corrected chi connectivity index (χ2v) is 8.32. The molecule has 2 amide bonds. The van der Waals surface area contributed by atoms with Gasteiger partial charge in [0.25, 0.3) is 0 Å². The summed E-state index contributed by atoms with van der Waals surface area (Å²) in [6.07, 6.45) is -4.91. The smallest absolute Gasteiger partial charge is 0.424 e. The van der Waals surface area contributed by atoms with Gasteiger partial charge in [-0.1, -0.05) is 54.1 Å². The van der Waals surface area contributed by atoms with Crippen LogP contribution >= 0.6 is 11.6 Å². The minimum Gasteiger partial charge on any atom is -0.424 e. The van der Waals surface area contributed by atoms with Gasteiger partial charge in [-0.15, -0.1) is 0 Å². The number of carbonyl (C=O) groups is 1. The quantitative estimate of drug-likeness (QED) is 0.399. The van der Waals surface area contributed by atoms with E-state index in [2.05, 4.69) is 15.5 Å². The Morgan fingerprint density at radius 1 is 1.00 bits per heavy atom. The average molecular weight is 508 g/mol. The van der Waals surface area contributed by atoms with Gasteiger partial charge in [-0.2, -0.15) is 17.6 Å². The number of rotatable bonds is 3. The van der Waals surface area contributed by atoms with E-state index in [1.807, 2.05) is 30.3 Å². The summed E-state index contributed by atoms with van der Waals surface area (Å²) in [6, 6.07) is 16.5. The van der Waals surface area contributed by atoms with E-state index in [0.717, 1.165) is 21.7 Å². The van der Waals surface area contributed by atoms with Crippen molar-refractivity contribution in [3.05, 3.63) is 94.3 Å². The first-order chi connectivity index (χ1) is 16.6. The molecule has 3 aromatic rings. The number of anilines is 1. The monoisotopic (exact) mass is 507 g/mol. The van der Waals surface area contributed by atoms with E-state index in [1.54, 1.807) is 24.3 Å². The zero-order valence-electron chi connectivity index (χ0n) is 17.6. The lowest BCUT2D eigenvalue weighted by molar-refractivity contribution is -0.296. The fourth-order valence-corrected chi connectivity index (χ4v) is 4.00. The second-order valence-electron chi connectivity index (χ2n) is 7.88. The van der Waals surface area contributed by atoms with Gasteiger partial charge in [-0.3, -0.25) is 5.43 Å². The maximum absolute atomic E-state index is 14.3. The molecule has 0 radical (unpaired) electrons. The fraction of sp³-hybridized carbons (Fsp3) is 0.125.